The maximum absolute atomic E-state index is 12.4. The molecule has 0 amide bonds. The summed E-state index contributed by atoms with van der Waals surface area (Å²) in [6.45, 7) is 0. The average Bonchev–Trinajstić information content (AvgIpc) is 2.69. The summed E-state index contributed by atoms with van der Waals surface area (Å²) in [5.74, 6) is 1.89. The van der Waals surface area contributed by atoms with Crippen molar-refractivity contribution in [1.82, 2.24) is 0 Å². The summed E-state index contributed by atoms with van der Waals surface area (Å²) in [7, 11) is 0.209. The second kappa shape index (κ2) is 10.6. The normalized spacial score (nSPS) is 12.6. The van der Waals surface area contributed by atoms with Gasteiger partial charge in [0.2, 0.25) is 0 Å². The van der Waals surface area contributed by atoms with Crippen molar-refractivity contribution in [3.05, 3.63) is 95.6 Å². The van der Waals surface area contributed by atoms with E-state index in [4.69, 9.17) is 0 Å². The molecule has 3 nitrogen and oxygen atoms in total. The van der Waals surface area contributed by atoms with Gasteiger partial charge in [-0.3, -0.25) is 0 Å². The third kappa shape index (κ3) is 7.42. The lowest BCUT2D eigenvalue weighted by molar-refractivity contribution is 0.593. The highest BCUT2D eigenvalue weighted by atomic mass is 33.1. The lowest BCUT2D eigenvalue weighted by atomic mass is 10.2. The van der Waals surface area contributed by atoms with Crippen molar-refractivity contribution in [3.8, 4) is 0 Å². The predicted molar refractivity (Wildman–Crippen MR) is 125 cm³/mol. The van der Waals surface area contributed by atoms with Gasteiger partial charge < -0.3 is 4.55 Å². The van der Waals surface area contributed by atoms with Gasteiger partial charge >= 0.3 is 0 Å². The summed E-state index contributed by atoms with van der Waals surface area (Å²) >= 11 is -0.941. The first kappa shape index (κ1) is 22.3. The zero-order valence-electron chi connectivity index (χ0n) is 16.0. The number of rotatable bonds is 9. The molecule has 152 valence electrons. The quantitative estimate of drug-likeness (QED) is 0.311. The Morgan fingerprint density at radius 3 is 2.17 bits per heavy atom. The third-order valence-electron chi connectivity index (χ3n) is 4.13. The van der Waals surface area contributed by atoms with Crippen molar-refractivity contribution >= 4 is 42.6 Å². The predicted octanol–water partition coefficient (Wildman–Crippen LogP) is 5.48. The van der Waals surface area contributed by atoms with Gasteiger partial charge in [-0.05, 0) is 41.0 Å². The summed E-state index contributed by atoms with van der Waals surface area (Å²) in [4.78, 5) is 1.46. The fourth-order valence-electron chi connectivity index (χ4n) is 2.68. The molecule has 7 heteroatoms. The highest BCUT2D eigenvalue weighted by Gasteiger charge is 2.10. The van der Waals surface area contributed by atoms with Gasteiger partial charge in [0.05, 0.1) is 4.90 Å². The Morgan fingerprint density at radius 2 is 1.48 bits per heavy atom. The van der Waals surface area contributed by atoms with Crippen molar-refractivity contribution in [3.63, 3.8) is 0 Å². The highest BCUT2D eigenvalue weighted by Crippen LogP contribution is 2.34. The van der Waals surface area contributed by atoms with Gasteiger partial charge in [-0.25, -0.2) is 8.42 Å². The summed E-state index contributed by atoms with van der Waals surface area (Å²) in [6.07, 6.45) is 1.21. The van der Waals surface area contributed by atoms with Crippen molar-refractivity contribution < 1.29 is 13.0 Å². The van der Waals surface area contributed by atoms with E-state index in [1.165, 1.54) is 6.26 Å². The Hall–Kier alpha value is -1.38. The minimum absolute atomic E-state index is 0.343. The molecular formula is C22H22O3S4. The van der Waals surface area contributed by atoms with Crippen LogP contribution < -0.4 is 0 Å². The molecule has 0 aliphatic carbocycles. The largest absolute Gasteiger partial charge is 0.616 e. The Bertz CT molecular complexity index is 1020. The maximum Gasteiger partial charge on any atom is 0.175 e. The molecule has 3 aromatic rings. The summed E-state index contributed by atoms with van der Waals surface area (Å²) in [5.41, 5.74) is 3.24. The summed E-state index contributed by atoms with van der Waals surface area (Å²) in [6, 6.07) is 25.1. The van der Waals surface area contributed by atoms with Crippen LogP contribution in [0.25, 0.3) is 0 Å². The zero-order chi connectivity index (χ0) is 20.7. The lowest BCUT2D eigenvalue weighted by Crippen LogP contribution is -2.07. The zero-order valence-corrected chi connectivity index (χ0v) is 19.3. The smallest absolute Gasteiger partial charge is 0.175 e. The molecule has 0 saturated carbocycles. The van der Waals surface area contributed by atoms with E-state index in [-0.39, 0.29) is 0 Å². The van der Waals surface area contributed by atoms with Gasteiger partial charge in [-0.1, -0.05) is 76.2 Å². The fraction of sp³-hybridized carbons (Fsp3) is 0.182. The minimum Gasteiger partial charge on any atom is -0.616 e. The molecule has 0 aliphatic rings. The average molecular weight is 463 g/mol. The van der Waals surface area contributed by atoms with Crippen LogP contribution in [0.5, 0.6) is 0 Å². The first-order valence-electron chi connectivity index (χ1n) is 8.96. The van der Waals surface area contributed by atoms with Crippen molar-refractivity contribution in [2.75, 3.05) is 6.26 Å². The van der Waals surface area contributed by atoms with Crippen LogP contribution >= 0.6 is 21.6 Å². The second-order valence-corrected chi connectivity index (χ2v) is 12.5. The van der Waals surface area contributed by atoms with Gasteiger partial charge in [0, 0.05) is 28.0 Å². The molecule has 0 aromatic heterocycles. The molecule has 0 heterocycles. The fourth-order valence-corrected chi connectivity index (χ4v) is 6.69. The van der Waals surface area contributed by atoms with Crippen LogP contribution in [0.1, 0.15) is 16.7 Å². The van der Waals surface area contributed by atoms with E-state index in [1.54, 1.807) is 33.7 Å². The first-order valence-corrected chi connectivity index (χ1v) is 14.7. The second-order valence-electron chi connectivity index (χ2n) is 6.62. The summed E-state index contributed by atoms with van der Waals surface area (Å²) < 4.78 is 35.5. The molecule has 1 atom stereocenters. The van der Waals surface area contributed by atoms with E-state index in [2.05, 4.69) is 6.07 Å². The lowest BCUT2D eigenvalue weighted by Gasteiger charge is -2.12. The first-order chi connectivity index (χ1) is 13.9. The van der Waals surface area contributed by atoms with E-state index >= 15 is 0 Å². The van der Waals surface area contributed by atoms with Crippen LogP contribution in [-0.2, 0) is 38.3 Å². The molecule has 0 spiro atoms. The molecule has 3 aromatic carbocycles. The van der Waals surface area contributed by atoms with E-state index in [0.717, 1.165) is 27.3 Å². The van der Waals surface area contributed by atoms with Crippen molar-refractivity contribution in [2.45, 2.75) is 27.0 Å². The number of hydrogen-bond donors (Lipinski definition) is 0. The third-order valence-corrected chi connectivity index (χ3v) is 8.87. The van der Waals surface area contributed by atoms with E-state index in [9.17, 15) is 13.0 Å². The molecular weight excluding hydrogens is 441 g/mol. The Kier molecular flexibility index (Phi) is 8.15. The number of sulfone groups is 1. The van der Waals surface area contributed by atoms with E-state index in [1.807, 2.05) is 60.7 Å². The molecule has 3 rings (SSSR count). The Morgan fingerprint density at radius 1 is 0.828 bits per heavy atom. The van der Waals surface area contributed by atoms with Crippen LogP contribution in [-0.4, -0.2) is 19.2 Å². The van der Waals surface area contributed by atoms with Gasteiger partial charge in [0.25, 0.3) is 0 Å². The van der Waals surface area contributed by atoms with Crippen LogP contribution in [0.15, 0.2) is 88.7 Å². The number of benzene rings is 3. The molecule has 0 fully saturated rings. The molecule has 0 bridgehead atoms. The van der Waals surface area contributed by atoms with E-state index in [0.29, 0.717) is 16.4 Å². The molecule has 1 unspecified atom stereocenters. The summed E-state index contributed by atoms with van der Waals surface area (Å²) in [5, 5.41) is 0. The molecule has 29 heavy (non-hydrogen) atoms. The highest BCUT2D eigenvalue weighted by molar-refractivity contribution is 8.76. The molecule has 0 saturated heterocycles. The van der Waals surface area contributed by atoms with Crippen LogP contribution in [0.4, 0.5) is 0 Å². The van der Waals surface area contributed by atoms with Gasteiger partial charge in [0.15, 0.2) is 9.84 Å². The SMILES string of the molecule is CS(=O)(=O)c1ccc(CSSc2cccc(C[S+]([O-])Cc3ccccc3)c2)cc1. The maximum atomic E-state index is 12.4. The van der Waals surface area contributed by atoms with Crippen molar-refractivity contribution in [2.24, 2.45) is 0 Å². The Balaban J connectivity index is 1.50. The minimum atomic E-state index is -3.15. The van der Waals surface area contributed by atoms with Crippen LogP contribution in [0, 0.1) is 0 Å². The van der Waals surface area contributed by atoms with E-state index < -0.39 is 21.0 Å². The standard InChI is InChI=1S/C22H22O3S4/c1-29(24,25)22-12-10-18(11-13-22)15-26-27-21-9-5-8-20(14-21)17-28(23)16-19-6-3-2-4-7-19/h2-14H,15-17H2,1H3. The van der Waals surface area contributed by atoms with Gasteiger partial charge in [0.1, 0.15) is 11.5 Å². The van der Waals surface area contributed by atoms with Crippen LogP contribution in [0.3, 0.4) is 0 Å². The van der Waals surface area contributed by atoms with Gasteiger partial charge in [-0.15, -0.1) is 0 Å². The number of hydrogen-bond acceptors (Lipinski definition) is 5. The topological polar surface area (TPSA) is 57.2 Å². The monoisotopic (exact) mass is 462 g/mol. The Labute approximate surface area is 183 Å². The molecule has 0 N–H and O–H groups in total. The van der Waals surface area contributed by atoms with Crippen molar-refractivity contribution in [1.29, 1.82) is 0 Å². The molecule has 0 radical (unpaired) electrons. The van der Waals surface area contributed by atoms with Crippen LogP contribution in [0.2, 0.25) is 0 Å². The molecule has 0 aliphatic heterocycles. The van der Waals surface area contributed by atoms with Gasteiger partial charge in [-0.2, -0.15) is 0 Å².